The van der Waals surface area contributed by atoms with Crippen molar-refractivity contribution in [1.29, 1.82) is 0 Å². The molecule has 1 aromatic carbocycles. The Morgan fingerprint density at radius 2 is 1.94 bits per heavy atom. The standard InChI is InChI=1S/C11H13BrN4/c1-7(13)8-3-5-9(6-4-8)10-11(12)14-15-16(10)2/h3-7H,13H2,1-2H3. The van der Waals surface area contributed by atoms with Gasteiger partial charge in [-0.15, -0.1) is 5.10 Å². The van der Waals surface area contributed by atoms with Crippen LogP contribution in [0.15, 0.2) is 28.9 Å². The second kappa shape index (κ2) is 4.35. The summed E-state index contributed by atoms with van der Waals surface area (Å²) in [4.78, 5) is 0. The van der Waals surface area contributed by atoms with Gasteiger partial charge < -0.3 is 5.73 Å². The summed E-state index contributed by atoms with van der Waals surface area (Å²) in [6.07, 6.45) is 0. The Bertz CT molecular complexity index is 468. The van der Waals surface area contributed by atoms with Gasteiger partial charge in [-0.2, -0.15) is 0 Å². The van der Waals surface area contributed by atoms with E-state index in [1.165, 1.54) is 0 Å². The smallest absolute Gasteiger partial charge is 0.156 e. The number of benzene rings is 1. The Hall–Kier alpha value is -1.20. The first-order valence-electron chi connectivity index (χ1n) is 5.00. The van der Waals surface area contributed by atoms with Crippen molar-refractivity contribution in [2.45, 2.75) is 13.0 Å². The number of nitrogens with zero attached hydrogens (tertiary/aromatic N) is 3. The van der Waals surface area contributed by atoms with Crippen molar-refractivity contribution >= 4 is 15.9 Å². The molecule has 4 nitrogen and oxygen atoms in total. The van der Waals surface area contributed by atoms with Crippen molar-refractivity contribution in [1.82, 2.24) is 15.0 Å². The minimum absolute atomic E-state index is 0.0575. The second-order valence-electron chi connectivity index (χ2n) is 3.76. The van der Waals surface area contributed by atoms with Gasteiger partial charge in [0.2, 0.25) is 0 Å². The zero-order chi connectivity index (χ0) is 11.7. The number of aromatic nitrogens is 3. The molecule has 1 heterocycles. The van der Waals surface area contributed by atoms with Gasteiger partial charge in [0.25, 0.3) is 0 Å². The molecule has 0 bridgehead atoms. The molecule has 2 N–H and O–H groups in total. The lowest BCUT2D eigenvalue weighted by Crippen LogP contribution is -2.04. The highest BCUT2D eigenvalue weighted by Gasteiger charge is 2.10. The molecule has 84 valence electrons. The van der Waals surface area contributed by atoms with E-state index in [0.717, 1.165) is 21.4 Å². The van der Waals surface area contributed by atoms with Crippen LogP contribution in [0.5, 0.6) is 0 Å². The molecule has 0 amide bonds. The summed E-state index contributed by atoms with van der Waals surface area (Å²) in [5, 5.41) is 7.90. The Morgan fingerprint density at radius 1 is 1.31 bits per heavy atom. The average Bonchev–Trinajstić information content (AvgIpc) is 2.59. The van der Waals surface area contributed by atoms with E-state index in [0.29, 0.717) is 0 Å². The summed E-state index contributed by atoms with van der Waals surface area (Å²) in [7, 11) is 1.87. The summed E-state index contributed by atoms with van der Waals surface area (Å²) in [5.41, 5.74) is 8.97. The van der Waals surface area contributed by atoms with Gasteiger partial charge in [0.15, 0.2) is 4.60 Å². The average molecular weight is 281 g/mol. The van der Waals surface area contributed by atoms with Crippen molar-refractivity contribution in [2.75, 3.05) is 0 Å². The van der Waals surface area contributed by atoms with Gasteiger partial charge in [-0.1, -0.05) is 29.5 Å². The van der Waals surface area contributed by atoms with Crippen LogP contribution in [-0.2, 0) is 7.05 Å². The van der Waals surface area contributed by atoms with Crippen LogP contribution in [0.25, 0.3) is 11.3 Å². The number of aryl methyl sites for hydroxylation is 1. The van der Waals surface area contributed by atoms with Crippen LogP contribution >= 0.6 is 15.9 Å². The van der Waals surface area contributed by atoms with E-state index < -0.39 is 0 Å². The highest BCUT2D eigenvalue weighted by molar-refractivity contribution is 9.10. The van der Waals surface area contributed by atoms with Crippen molar-refractivity contribution < 1.29 is 0 Å². The molecule has 0 spiro atoms. The molecule has 0 aliphatic heterocycles. The number of rotatable bonds is 2. The molecule has 16 heavy (non-hydrogen) atoms. The van der Waals surface area contributed by atoms with E-state index in [4.69, 9.17) is 5.73 Å². The number of nitrogens with two attached hydrogens (primary N) is 1. The van der Waals surface area contributed by atoms with Crippen LogP contribution in [0.2, 0.25) is 0 Å². The minimum Gasteiger partial charge on any atom is -0.324 e. The predicted molar refractivity (Wildman–Crippen MR) is 66.7 cm³/mol. The highest BCUT2D eigenvalue weighted by atomic mass is 79.9. The molecule has 5 heteroatoms. The first kappa shape index (κ1) is 11.3. The molecule has 0 saturated carbocycles. The SMILES string of the molecule is CC(N)c1ccc(-c2c(Br)nnn2C)cc1. The molecular formula is C11H13BrN4. The fourth-order valence-corrected chi connectivity index (χ4v) is 2.14. The van der Waals surface area contributed by atoms with Crippen LogP contribution in [0.3, 0.4) is 0 Å². The molecule has 0 saturated heterocycles. The summed E-state index contributed by atoms with van der Waals surface area (Å²) in [5.74, 6) is 0. The van der Waals surface area contributed by atoms with Crippen LogP contribution in [0.1, 0.15) is 18.5 Å². The predicted octanol–water partition coefficient (Wildman–Crippen LogP) is 2.26. The summed E-state index contributed by atoms with van der Waals surface area (Å²) in [6.45, 7) is 1.97. The molecular weight excluding hydrogens is 268 g/mol. The molecule has 0 aliphatic carbocycles. The molecule has 2 rings (SSSR count). The van der Waals surface area contributed by atoms with Gasteiger partial charge in [-0.25, -0.2) is 4.68 Å². The monoisotopic (exact) mass is 280 g/mol. The van der Waals surface area contributed by atoms with E-state index in [1.807, 2.05) is 38.2 Å². The van der Waals surface area contributed by atoms with Gasteiger partial charge in [-0.3, -0.25) is 0 Å². The fraction of sp³-hybridized carbons (Fsp3) is 0.273. The first-order chi connectivity index (χ1) is 7.59. The van der Waals surface area contributed by atoms with Crippen LogP contribution < -0.4 is 5.73 Å². The van der Waals surface area contributed by atoms with E-state index >= 15 is 0 Å². The number of halogens is 1. The van der Waals surface area contributed by atoms with Crippen LogP contribution in [0, 0.1) is 0 Å². The maximum atomic E-state index is 5.80. The third-order valence-corrected chi connectivity index (χ3v) is 3.03. The van der Waals surface area contributed by atoms with Crippen LogP contribution in [0.4, 0.5) is 0 Å². The molecule has 1 unspecified atom stereocenters. The third-order valence-electron chi connectivity index (χ3n) is 2.50. The topological polar surface area (TPSA) is 56.7 Å². The Balaban J connectivity index is 2.42. The third kappa shape index (κ3) is 2.01. The Labute approximate surface area is 103 Å². The molecule has 0 radical (unpaired) electrons. The lowest BCUT2D eigenvalue weighted by molar-refractivity contribution is 0.720. The fourth-order valence-electron chi connectivity index (χ4n) is 1.58. The van der Waals surface area contributed by atoms with Gasteiger partial charge in [0, 0.05) is 18.7 Å². The number of hydrogen-bond acceptors (Lipinski definition) is 3. The molecule has 2 aromatic rings. The lowest BCUT2D eigenvalue weighted by atomic mass is 10.1. The van der Waals surface area contributed by atoms with Crippen molar-refractivity contribution in [3.63, 3.8) is 0 Å². The van der Waals surface area contributed by atoms with Crippen molar-refractivity contribution in [2.24, 2.45) is 12.8 Å². The van der Waals surface area contributed by atoms with E-state index in [-0.39, 0.29) is 6.04 Å². The van der Waals surface area contributed by atoms with Crippen LogP contribution in [-0.4, -0.2) is 15.0 Å². The van der Waals surface area contributed by atoms with Gasteiger partial charge in [0.05, 0.1) is 0 Å². The Kier molecular flexibility index (Phi) is 3.07. The molecule has 0 fully saturated rings. The quantitative estimate of drug-likeness (QED) is 0.918. The zero-order valence-electron chi connectivity index (χ0n) is 9.18. The van der Waals surface area contributed by atoms with Gasteiger partial charge in [0.1, 0.15) is 5.69 Å². The lowest BCUT2D eigenvalue weighted by Gasteiger charge is -2.07. The van der Waals surface area contributed by atoms with Crippen molar-refractivity contribution in [3.05, 3.63) is 34.4 Å². The zero-order valence-corrected chi connectivity index (χ0v) is 10.8. The number of hydrogen-bond donors (Lipinski definition) is 1. The van der Waals surface area contributed by atoms with E-state index in [9.17, 15) is 0 Å². The largest absolute Gasteiger partial charge is 0.324 e. The normalized spacial score (nSPS) is 12.8. The molecule has 1 atom stereocenters. The van der Waals surface area contributed by atoms with Gasteiger partial charge in [-0.05, 0) is 28.4 Å². The maximum absolute atomic E-state index is 5.80. The highest BCUT2D eigenvalue weighted by Crippen LogP contribution is 2.26. The molecule has 1 aromatic heterocycles. The summed E-state index contributed by atoms with van der Waals surface area (Å²) < 4.78 is 2.49. The molecule has 0 aliphatic rings. The van der Waals surface area contributed by atoms with E-state index in [2.05, 4.69) is 26.2 Å². The van der Waals surface area contributed by atoms with Crippen molar-refractivity contribution in [3.8, 4) is 11.3 Å². The second-order valence-corrected chi connectivity index (χ2v) is 4.51. The minimum atomic E-state index is 0.0575. The Morgan fingerprint density at radius 3 is 2.38 bits per heavy atom. The summed E-state index contributed by atoms with van der Waals surface area (Å²) in [6, 6.07) is 8.17. The van der Waals surface area contributed by atoms with E-state index in [1.54, 1.807) is 4.68 Å². The maximum Gasteiger partial charge on any atom is 0.156 e. The summed E-state index contributed by atoms with van der Waals surface area (Å²) >= 11 is 3.38. The first-order valence-corrected chi connectivity index (χ1v) is 5.80. The van der Waals surface area contributed by atoms with Gasteiger partial charge >= 0.3 is 0 Å².